The summed E-state index contributed by atoms with van der Waals surface area (Å²) >= 11 is 0. The van der Waals surface area contributed by atoms with Crippen molar-refractivity contribution in [3.8, 4) is 17.4 Å². The van der Waals surface area contributed by atoms with Crippen LogP contribution in [-0.4, -0.2) is 28.7 Å². The van der Waals surface area contributed by atoms with Crippen LogP contribution in [0.3, 0.4) is 0 Å². The summed E-state index contributed by atoms with van der Waals surface area (Å²) in [6, 6.07) is 32.8. The van der Waals surface area contributed by atoms with Crippen LogP contribution in [-0.2, 0) is 38.9 Å². The third kappa shape index (κ3) is 9.79. The molecule has 11 rings (SSSR count). The molecule has 0 fully saturated rings. The molecule has 0 bridgehead atoms. The molecule has 0 saturated heterocycles. The minimum absolute atomic E-state index is 0. The molecule has 0 saturated carbocycles. The number of hydrogen-bond acceptors (Lipinski definition) is 6. The normalized spacial score (nSPS) is 20.3. The van der Waals surface area contributed by atoms with E-state index >= 15 is 0 Å². The zero-order valence-corrected chi connectivity index (χ0v) is 44.1. The summed E-state index contributed by atoms with van der Waals surface area (Å²) in [4.78, 5) is 9.21. The van der Waals surface area contributed by atoms with Crippen LogP contribution < -0.4 is 25.2 Å². The summed E-state index contributed by atoms with van der Waals surface area (Å²) in [5.74, 6) is 4.65. The second-order valence-electron chi connectivity index (χ2n) is 20.0. The van der Waals surface area contributed by atoms with Crippen LogP contribution in [0.25, 0.3) is 49.7 Å². The Morgan fingerprint density at radius 2 is 1.27 bits per heavy atom. The molecule has 8 aromatic rings. The van der Waals surface area contributed by atoms with Crippen molar-refractivity contribution in [2.75, 3.05) is 9.80 Å². The molecule has 2 N–H and O–H groups in total. The van der Waals surface area contributed by atoms with Crippen molar-refractivity contribution >= 4 is 81.1 Å². The maximum Gasteiger partial charge on any atom is 0.213 e. The van der Waals surface area contributed by atoms with E-state index in [4.69, 9.17) is 17.9 Å². The number of hydrogen-bond donors (Lipinski definition) is 2. The Hall–Kier alpha value is -7.67. The summed E-state index contributed by atoms with van der Waals surface area (Å²) in [5, 5.41) is 7.07. The van der Waals surface area contributed by atoms with Crippen LogP contribution in [0, 0.1) is 18.8 Å². The molecule has 2 radical (unpaired) electrons. The zero-order chi connectivity index (χ0) is 56.3. The summed E-state index contributed by atoms with van der Waals surface area (Å²) in [6.45, 7) is 12.5. The molecule has 368 valence electrons. The van der Waals surface area contributed by atoms with Gasteiger partial charge < -0.3 is 34.3 Å². The van der Waals surface area contributed by atoms with Crippen LogP contribution >= 0.6 is 0 Å². The van der Waals surface area contributed by atoms with Gasteiger partial charge in [-0.1, -0.05) is 125 Å². The number of nitrogens with one attached hydrogen (secondary N) is 2. The summed E-state index contributed by atoms with van der Waals surface area (Å²) < 4.78 is 71.2. The number of aryl methyl sites for hydroxylation is 1. The molecule has 2 aromatic heterocycles. The molecule has 11 heteroatoms. The Kier molecular flexibility index (Phi) is 11.7. The van der Waals surface area contributed by atoms with Gasteiger partial charge >= 0.3 is 0 Å². The smallest absolute Gasteiger partial charge is 0.213 e. The minimum atomic E-state index is -2.73. The minimum Gasteiger partial charge on any atom is -0.509 e. The molecule has 0 spiro atoms. The first kappa shape index (κ1) is 41.8. The molecule has 0 amide bonds. The number of aromatic nitrogens is 3. The molecule has 3 aliphatic heterocycles. The summed E-state index contributed by atoms with van der Waals surface area (Å²) in [6.07, 6.45) is 23.8. The number of fused-ring (bicyclic) bond motifs is 5. The van der Waals surface area contributed by atoms with E-state index in [2.05, 4.69) is 150 Å². The average molecular weight is 1150 g/mol. The fraction of sp³-hybridized carbons (Fsp3) is 0.143. The molecule has 0 atom stereocenters. The summed E-state index contributed by atoms with van der Waals surface area (Å²) in [5.41, 5.74) is 10.1. The van der Waals surface area contributed by atoms with Crippen molar-refractivity contribution in [2.24, 2.45) is 6.98 Å². The van der Waals surface area contributed by atoms with Gasteiger partial charge in [0.05, 0.1) is 16.5 Å². The maximum atomic E-state index is 9.20. The topological polar surface area (TPSA) is 62.5 Å². The van der Waals surface area contributed by atoms with Crippen molar-refractivity contribution in [3.63, 3.8) is 0 Å². The van der Waals surface area contributed by atoms with E-state index in [0.29, 0.717) is 27.9 Å². The number of para-hydroxylation sites is 5. The van der Waals surface area contributed by atoms with E-state index in [1.165, 1.54) is 4.57 Å². The van der Waals surface area contributed by atoms with Gasteiger partial charge in [0.1, 0.15) is 0 Å². The molecule has 5 heterocycles. The van der Waals surface area contributed by atoms with E-state index in [9.17, 15) is 1.37 Å². The van der Waals surface area contributed by atoms with Gasteiger partial charge in [-0.2, -0.15) is 6.07 Å². The van der Waals surface area contributed by atoms with Gasteiger partial charge in [0.15, 0.2) is 14.6 Å². The first-order chi connectivity index (χ1) is 38.3. The fourth-order valence-electron chi connectivity index (χ4n) is 9.22. The second-order valence-corrected chi connectivity index (χ2v) is 20.0. The Balaban J connectivity index is 0.00000736. The standard InChI is InChI=1S/C63H56B2N7O.Pt/c1-62(2,3)43-36-45(40-47(37-43)73-46-28-29-49-48-20-8-10-24-55(48)72(59(49)41-46)61-68-54-23-9-11-25-56(54)69(61)7)70-42-71(58-27-13-12-26-57(58)70)60-50(52-21-18-34-66-32-16-14-30-64-52)38-44(63(4,5)6)39-51(60)53-22-19-35-67-33-17-15-31-65-53;/h8-39,42,66-67H,1-7H3;/q-3;/b30-14-,31-15-,32-16-,33-17-,34-18-,35-19-,52-21-,53-22-;/i7D3,8D,10D,20D,24D;. The molecule has 74 heavy (non-hydrogen) atoms. The van der Waals surface area contributed by atoms with E-state index in [1.54, 1.807) is 36.4 Å². The van der Waals surface area contributed by atoms with Crippen LogP contribution in [0.5, 0.6) is 11.5 Å². The van der Waals surface area contributed by atoms with Crippen molar-refractivity contribution in [3.05, 3.63) is 236 Å². The quantitative estimate of drug-likeness (QED) is 0.122. The monoisotopic (exact) mass is 1150 g/mol. The molecule has 8 nitrogen and oxygen atoms in total. The van der Waals surface area contributed by atoms with Gasteiger partial charge in [-0.05, 0) is 99.7 Å². The van der Waals surface area contributed by atoms with Crippen molar-refractivity contribution in [1.29, 1.82) is 0 Å². The van der Waals surface area contributed by atoms with Crippen LogP contribution in [0.1, 0.15) is 73.4 Å². The van der Waals surface area contributed by atoms with Crippen molar-refractivity contribution in [2.45, 2.75) is 52.4 Å². The Bertz CT molecular complexity index is 3990. The molecule has 0 unspecified atom stereocenters. The van der Waals surface area contributed by atoms with E-state index < -0.39 is 19.1 Å². The first-order valence-corrected chi connectivity index (χ1v) is 24.3. The molecular weight excluding hydrogens is 1090 g/mol. The Morgan fingerprint density at radius 1 is 0.649 bits per heavy atom. The molecule has 3 aliphatic rings. The largest absolute Gasteiger partial charge is 0.509 e. The van der Waals surface area contributed by atoms with Gasteiger partial charge in [0.2, 0.25) is 5.95 Å². The Labute approximate surface area is 461 Å². The first-order valence-electron chi connectivity index (χ1n) is 27.8. The number of allylic oxidation sites excluding steroid dienone is 8. The number of ether oxygens (including phenoxy) is 1. The number of rotatable bonds is 7. The third-order valence-corrected chi connectivity index (χ3v) is 13.0. The van der Waals surface area contributed by atoms with E-state index in [0.717, 1.165) is 54.8 Å². The molecule has 6 aromatic carbocycles. The van der Waals surface area contributed by atoms with Crippen LogP contribution in [0.4, 0.5) is 22.7 Å². The van der Waals surface area contributed by atoms with Crippen LogP contribution in [0.15, 0.2) is 194 Å². The number of benzene rings is 6. The van der Waals surface area contributed by atoms with Gasteiger partial charge in [-0.3, -0.25) is 0 Å². The van der Waals surface area contributed by atoms with Gasteiger partial charge in [-0.25, -0.2) is 4.98 Å². The van der Waals surface area contributed by atoms with E-state index in [1.807, 2.05) is 79.5 Å². The van der Waals surface area contributed by atoms with Gasteiger partial charge in [0.25, 0.3) is 0 Å². The maximum absolute atomic E-state index is 9.20. The van der Waals surface area contributed by atoms with Crippen molar-refractivity contribution in [1.82, 2.24) is 24.8 Å². The Morgan fingerprint density at radius 3 is 1.95 bits per heavy atom. The van der Waals surface area contributed by atoms with E-state index in [-0.39, 0.29) is 72.1 Å². The zero-order valence-electron chi connectivity index (χ0n) is 48.9. The third-order valence-electron chi connectivity index (χ3n) is 13.0. The van der Waals surface area contributed by atoms with Crippen molar-refractivity contribution < 1.29 is 35.4 Å². The van der Waals surface area contributed by atoms with Gasteiger partial charge in [-0.15, -0.1) is 65.6 Å². The van der Waals surface area contributed by atoms with Crippen LogP contribution in [0.2, 0.25) is 0 Å². The number of imidazole rings is 1. The average Bonchev–Trinajstić information content (AvgIpc) is 3.98. The SMILES string of the molecule is [2H]c1c([2H])c([2H])c2c(c1[2H])c1ccc(Oc3[c-]c(N4[CH-]N(c5c(/C6=C/C=C\N/C=C\C=C/[B]6)cc(C(C)(C)C)cc5/C5=C/C=C\N/C=C\C=C/[B]5)c5ccccc54)cc(C(C)(C)C)c3)[c-]c1n2-c1nc2ccccc2n1C([2H])([2H])[2H].[Pt]. The predicted octanol–water partition coefficient (Wildman–Crippen LogP) is 14.4. The number of anilines is 4. The van der Waals surface area contributed by atoms with Gasteiger partial charge in [0, 0.05) is 91.0 Å². The second kappa shape index (κ2) is 20.7. The molecular formula is C63H56B2N7OPt-3. The number of nitrogens with zero attached hydrogens (tertiary/aromatic N) is 5. The summed E-state index contributed by atoms with van der Waals surface area (Å²) in [7, 11) is 4.29. The molecule has 0 aliphatic carbocycles. The predicted molar refractivity (Wildman–Crippen MR) is 307 cm³/mol. The fourth-order valence-corrected chi connectivity index (χ4v) is 9.22.